The molecule has 0 unspecified atom stereocenters. The minimum Gasteiger partial charge on any atom is -0.370 e. The Morgan fingerprint density at radius 3 is 2.33 bits per heavy atom. The fraction of sp³-hybridized carbons (Fsp3) is 0.200. The van der Waals surface area contributed by atoms with E-state index in [9.17, 15) is 18.0 Å². The fourth-order valence-electron chi connectivity index (χ4n) is 1.30. The van der Waals surface area contributed by atoms with Gasteiger partial charge in [-0.1, -0.05) is 15.9 Å². The van der Waals surface area contributed by atoms with Crippen LogP contribution in [0.15, 0.2) is 21.6 Å². The topological polar surface area (TPSA) is 81.5 Å². The van der Waals surface area contributed by atoms with Crippen molar-refractivity contribution in [2.75, 3.05) is 0 Å². The third kappa shape index (κ3) is 3.22. The van der Waals surface area contributed by atoms with Gasteiger partial charge in [0.25, 0.3) is 5.91 Å². The van der Waals surface area contributed by atoms with Crippen molar-refractivity contribution in [3.8, 4) is 0 Å². The third-order valence-corrected chi connectivity index (χ3v) is 2.74. The number of aryl methyl sites for hydroxylation is 1. The monoisotopic (exact) mass is 323 g/mol. The quantitative estimate of drug-likeness (QED) is 0.614. The SMILES string of the molecule is Cc1cc(Br)c(C(F)(F)F)cc1C(=O)N=C(N)N. The van der Waals surface area contributed by atoms with Crippen molar-refractivity contribution < 1.29 is 18.0 Å². The zero-order chi connectivity index (χ0) is 14.1. The Balaban J connectivity index is 3.39. The number of hydrogen-bond acceptors (Lipinski definition) is 1. The molecule has 1 aromatic rings. The van der Waals surface area contributed by atoms with Gasteiger partial charge in [0.15, 0.2) is 5.96 Å². The molecule has 0 aliphatic rings. The van der Waals surface area contributed by atoms with Gasteiger partial charge in [-0.25, -0.2) is 0 Å². The van der Waals surface area contributed by atoms with E-state index in [1.54, 1.807) is 0 Å². The Labute approximate surface area is 109 Å². The molecule has 0 aliphatic carbocycles. The lowest BCUT2D eigenvalue weighted by Crippen LogP contribution is -2.24. The van der Waals surface area contributed by atoms with Gasteiger partial charge >= 0.3 is 6.18 Å². The van der Waals surface area contributed by atoms with Crippen LogP contribution in [0.1, 0.15) is 21.5 Å². The number of amides is 1. The molecular formula is C10H9BrF3N3O. The average Bonchev–Trinajstić information content (AvgIpc) is 2.13. The van der Waals surface area contributed by atoms with Crippen molar-refractivity contribution in [2.24, 2.45) is 16.5 Å². The van der Waals surface area contributed by atoms with Gasteiger partial charge < -0.3 is 11.5 Å². The van der Waals surface area contributed by atoms with Crippen LogP contribution in [-0.4, -0.2) is 11.9 Å². The molecule has 98 valence electrons. The zero-order valence-corrected chi connectivity index (χ0v) is 10.8. The summed E-state index contributed by atoms with van der Waals surface area (Å²) in [7, 11) is 0. The summed E-state index contributed by atoms with van der Waals surface area (Å²) in [5.74, 6) is -1.42. The number of hydrogen-bond donors (Lipinski definition) is 2. The average molecular weight is 324 g/mol. The van der Waals surface area contributed by atoms with E-state index in [0.717, 1.165) is 0 Å². The Kier molecular flexibility index (Phi) is 4.00. The van der Waals surface area contributed by atoms with Gasteiger partial charge in [-0.2, -0.15) is 18.2 Å². The number of rotatable bonds is 1. The molecule has 8 heteroatoms. The summed E-state index contributed by atoms with van der Waals surface area (Å²) in [6.07, 6.45) is -4.57. The van der Waals surface area contributed by atoms with Crippen LogP contribution < -0.4 is 11.5 Å². The largest absolute Gasteiger partial charge is 0.417 e. The molecular weight excluding hydrogens is 315 g/mol. The molecule has 0 atom stereocenters. The second-order valence-electron chi connectivity index (χ2n) is 3.49. The van der Waals surface area contributed by atoms with Gasteiger partial charge in [-0.3, -0.25) is 4.79 Å². The van der Waals surface area contributed by atoms with Crippen LogP contribution in [0.25, 0.3) is 0 Å². The highest BCUT2D eigenvalue weighted by Crippen LogP contribution is 2.36. The summed E-state index contributed by atoms with van der Waals surface area (Å²) in [4.78, 5) is 14.7. The van der Waals surface area contributed by atoms with E-state index in [1.165, 1.54) is 13.0 Å². The van der Waals surface area contributed by atoms with Crippen molar-refractivity contribution in [3.05, 3.63) is 33.3 Å². The van der Waals surface area contributed by atoms with E-state index in [1.807, 2.05) is 0 Å². The molecule has 4 N–H and O–H groups in total. The van der Waals surface area contributed by atoms with Crippen LogP contribution in [0.2, 0.25) is 0 Å². The van der Waals surface area contributed by atoms with Crippen molar-refractivity contribution in [1.82, 2.24) is 0 Å². The number of benzene rings is 1. The van der Waals surface area contributed by atoms with Crippen LogP contribution in [0.5, 0.6) is 0 Å². The highest BCUT2D eigenvalue weighted by molar-refractivity contribution is 9.10. The summed E-state index contributed by atoms with van der Waals surface area (Å²) in [6.45, 7) is 1.49. The van der Waals surface area contributed by atoms with Gasteiger partial charge in [-0.15, -0.1) is 0 Å². The molecule has 0 aromatic heterocycles. The number of nitrogens with two attached hydrogens (primary N) is 2. The zero-order valence-electron chi connectivity index (χ0n) is 9.18. The van der Waals surface area contributed by atoms with E-state index >= 15 is 0 Å². The van der Waals surface area contributed by atoms with Crippen LogP contribution in [0.4, 0.5) is 13.2 Å². The number of nitrogens with zero attached hydrogens (tertiary/aromatic N) is 1. The molecule has 0 spiro atoms. The van der Waals surface area contributed by atoms with Crippen molar-refractivity contribution in [1.29, 1.82) is 0 Å². The first-order valence-corrected chi connectivity index (χ1v) is 5.43. The highest BCUT2D eigenvalue weighted by Gasteiger charge is 2.34. The van der Waals surface area contributed by atoms with Crippen molar-refractivity contribution >= 4 is 27.8 Å². The van der Waals surface area contributed by atoms with Gasteiger partial charge in [0.2, 0.25) is 0 Å². The Morgan fingerprint density at radius 1 is 1.33 bits per heavy atom. The first-order valence-electron chi connectivity index (χ1n) is 4.64. The maximum atomic E-state index is 12.7. The molecule has 0 saturated carbocycles. The molecule has 1 amide bonds. The minimum absolute atomic E-state index is 0.145. The molecule has 0 bridgehead atoms. The van der Waals surface area contributed by atoms with E-state index in [2.05, 4.69) is 20.9 Å². The molecule has 0 heterocycles. The van der Waals surface area contributed by atoms with E-state index in [0.29, 0.717) is 11.6 Å². The van der Waals surface area contributed by atoms with Crippen LogP contribution in [0.3, 0.4) is 0 Å². The molecule has 1 rings (SSSR count). The summed E-state index contributed by atoms with van der Waals surface area (Å²) >= 11 is 2.80. The number of guanidine groups is 1. The highest BCUT2D eigenvalue weighted by atomic mass is 79.9. The maximum absolute atomic E-state index is 12.7. The Morgan fingerprint density at radius 2 is 1.89 bits per heavy atom. The number of alkyl halides is 3. The lowest BCUT2D eigenvalue weighted by Gasteiger charge is -2.12. The predicted octanol–water partition coefficient (Wildman–Crippen LogP) is 2.19. The van der Waals surface area contributed by atoms with Gasteiger partial charge in [0, 0.05) is 10.0 Å². The van der Waals surface area contributed by atoms with E-state index in [4.69, 9.17) is 11.5 Å². The van der Waals surface area contributed by atoms with Crippen molar-refractivity contribution in [2.45, 2.75) is 13.1 Å². The summed E-state index contributed by atoms with van der Waals surface area (Å²) in [5, 5.41) is 0. The van der Waals surface area contributed by atoms with Crippen LogP contribution in [0, 0.1) is 6.92 Å². The standard InChI is InChI=1S/C10H9BrF3N3O/c1-4-2-7(11)6(10(12,13)14)3-5(4)8(18)17-9(15)16/h2-3H,1H3,(H4,15,16,17,18). The third-order valence-electron chi connectivity index (χ3n) is 2.08. The fourth-order valence-corrected chi connectivity index (χ4v) is 1.98. The number of carbonyl (C=O) groups excluding carboxylic acids is 1. The van der Waals surface area contributed by atoms with Gasteiger partial charge in [0.1, 0.15) is 0 Å². The van der Waals surface area contributed by atoms with Gasteiger partial charge in [0.05, 0.1) is 5.56 Å². The Bertz CT molecular complexity index is 522. The normalized spacial score (nSPS) is 11.2. The predicted molar refractivity (Wildman–Crippen MR) is 64.0 cm³/mol. The molecule has 0 aliphatic heterocycles. The lowest BCUT2D eigenvalue weighted by atomic mass is 10.0. The van der Waals surface area contributed by atoms with E-state index in [-0.39, 0.29) is 10.0 Å². The lowest BCUT2D eigenvalue weighted by molar-refractivity contribution is -0.138. The molecule has 4 nitrogen and oxygen atoms in total. The molecule has 1 aromatic carbocycles. The smallest absolute Gasteiger partial charge is 0.370 e. The number of aliphatic imine (C=N–C) groups is 1. The van der Waals surface area contributed by atoms with E-state index < -0.39 is 23.6 Å². The summed E-state index contributed by atoms with van der Waals surface area (Å²) in [6, 6.07) is 1.91. The number of carbonyl (C=O) groups is 1. The molecule has 0 radical (unpaired) electrons. The summed E-state index contributed by atoms with van der Waals surface area (Å²) < 4.78 is 37.8. The van der Waals surface area contributed by atoms with Gasteiger partial charge in [-0.05, 0) is 24.6 Å². The number of halogens is 4. The van der Waals surface area contributed by atoms with Crippen LogP contribution in [-0.2, 0) is 6.18 Å². The molecule has 0 saturated heterocycles. The first-order chi connectivity index (χ1) is 8.12. The Hall–Kier alpha value is -1.57. The van der Waals surface area contributed by atoms with Crippen molar-refractivity contribution in [3.63, 3.8) is 0 Å². The molecule has 18 heavy (non-hydrogen) atoms. The minimum atomic E-state index is -4.57. The second-order valence-corrected chi connectivity index (χ2v) is 4.34. The first kappa shape index (κ1) is 14.5. The van der Waals surface area contributed by atoms with Crippen LogP contribution >= 0.6 is 15.9 Å². The second kappa shape index (κ2) is 4.97. The maximum Gasteiger partial charge on any atom is 0.417 e. The summed E-state index contributed by atoms with van der Waals surface area (Å²) in [5.41, 5.74) is 9.21. The molecule has 0 fully saturated rings.